The van der Waals surface area contributed by atoms with Crippen LogP contribution in [0.1, 0.15) is 31.7 Å². The van der Waals surface area contributed by atoms with E-state index in [4.69, 9.17) is 20.4 Å². The molecule has 9 heteroatoms. The first-order chi connectivity index (χ1) is 16.1. The highest BCUT2D eigenvalue weighted by atomic mass is 35.5. The van der Waals surface area contributed by atoms with Crippen molar-refractivity contribution in [3.05, 3.63) is 65.4 Å². The van der Waals surface area contributed by atoms with E-state index >= 15 is 0 Å². The topological polar surface area (TPSA) is 73.1 Å². The minimum absolute atomic E-state index is 0.519. The Balaban J connectivity index is 1.37. The molecule has 3 aromatic heterocycles. The molecule has 4 aromatic rings. The van der Waals surface area contributed by atoms with Crippen LogP contribution in [0.3, 0.4) is 0 Å². The van der Waals surface area contributed by atoms with Gasteiger partial charge in [-0.25, -0.2) is 4.98 Å². The second-order valence-corrected chi connectivity index (χ2v) is 10.1. The summed E-state index contributed by atoms with van der Waals surface area (Å²) in [7, 11) is 0. The van der Waals surface area contributed by atoms with E-state index in [0.29, 0.717) is 35.0 Å². The van der Waals surface area contributed by atoms with Crippen LogP contribution >= 0.6 is 23.4 Å². The highest BCUT2D eigenvalue weighted by Crippen LogP contribution is 2.31. The second-order valence-electron chi connectivity index (χ2n) is 8.71. The minimum atomic E-state index is 0.519. The van der Waals surface area contributed by atoms with Gasteiger partial charge in [-0.05, 0) is 42.5 Å². The van der Waals surface area contributed by atoms with Gasteiger partial charge < -0.3 is 13.7 Å². The zero-order chi connectivity index (χ0) is 22.8. The summed E-state index contributed by atoms with van der Waals surface area (Å²) in [6.07, 6.45) is 4.61. The lowest BCUT2D eigenvalue weighted by molar-refractivity contribution is 0.350. The van der Waals surface area contributed by atoms with Gasteiger partial charge in [0.2, 0.25) is 11.8 Å². The first kappa shape index (κ1) is 22.1. The smallest absolute Gasteiger partial charge is 0.228 e. The van der Waals surface area contributed by atoms with Crippen molar-refractivity contribution < 1.29 is 8.83 Å². The largest absolute Gasteiger partial charge is 0.467 e. The summed E-state index contributed by atoms with van der Waals surface area (Å²) in [5, 5.41) is 10.6. The molecule has 5 rings (SSSR count). The Morgan fingerprint density at radius 3 is 2.64 bits per heavy atom. The molecule has 7 nitrogen and oxygen atoms in total. The average molecular weight is 484 g/mol. The minimum Gasteiger partial charge on any atom is -0.467 e. The second kappa shape index (κ2) is 9.65. The number of oxazole rings is 1. The zero-order valence-corrected chi connectivity index (χ0v) is 20.2. The Hall–Kier alpha value is -2.71. The van der Waals surface area contributed by atoms with Crippen LogP contribution < -0.4 is 4.90 Å². The number of nitrogens with zero attached hydrogens (tertiary/aromatic N) is 5. The van der Waals surface area contributed by atoms with Crippen LogP contribution in [0.4, 0.5) is 5.95 Å². The molecule has 0 bridgehead atoms. The third kappa shape index (κ3) is 4.96. The maximum absolute atomic E-state index is 6.29. The molecule has 0 N–H and O–H groups in total. The Bertz CT molecular complexity index is 1200. The predicted molar refractivity (Wildman–Crippen MR) is 130 cm³/mol. The molecular formula is C24H26ClN5O2S. The van der Waals surface area contributed by atoms with E-state index in [1.165, 1.54) is 6.42 Å². The van der Waals surface area contributed by atoms with E-state index in [-0.39, 0.29) is 0 Å². The van der Waals surface area contributed by atoms with Crippen LogP contribution in [0, 0.1) is 11.8 Å². The highest BCUT2D eigenvalue weighted by molar-refractivity contribution is 7.98. The van der Waals surface area contributed by atoms with Gasteiger partial charge in [0.05, 0.1) is 29.1 Å². The summed E-state index contributed by atoms with van der Waals surface area (Å²) in [6.45, 7) is 7.14. The molecule has 0 spiro atoms. The quantitative estimate of drug-likeness (QED) is 0.298. The van der Waals surface area contributed by atoms with Crippen LogP contribution in [-0.2, 0) is 12.3 Å². The number of aromatic nitrogens is 4. The molecule has 1 aliphatic heterocycles. The molecule has 172 valence electrons. The van der Waals surface area contributed by atoms with Crippen LogP contribution in [0.5, 0.6) is 0 Å². The van der Waals surface area contributed by atoms with Gasteiger partial charge in [-0.1, -0.05) is 49.3 Å². The third-order valence-electron chi connectivity index (χ3n) is 5.75. The number of halogens is 1. The number of rotatable bonds is 7. The lowest BCUT2D eigenvalue weighted by Gasteiger charge is -2.35. The van der Waals surface area contributed by atoms with Crippen molar-refractivity contribution in [2.24, 2.45) is 11.8 Å². The molecule has 0 radical (unpaired) electrons. The highest BCUT2D eigenvalue weighted by Gasteiger charge is 2.27. The summed E-state index contributed by atoms with van der Waals surface area (Å²) in [5.74, 6) is 4.14. The molecule has 1 saturated heterocycles. The Morgan fingerprint density at radius 2 is 1.88 bits per heavy atom. The van der Waals surface area contributed by atoms with Crippen molar-refractivity contribution in [1.82, 2.24) is 19.7 Å². The monoisotopic (exact) mass is 483 g/mol. The summed E-state index contributed by atoms with van der Waals surface area (Å²) < 4.78 is 13.5. The van der Waals surface area contributed by atoms with Crippen molar-refractivity contribution >= 4 is 29.3 Å². The molecule has 1 aliphatic rings. The Kier molecular flexibility index (Phi) is 6.46. The molecule has 2 atom stereocenters. The molecule has 1 aromatic carbocycles. The van der Waals surface area contributed by atoms with Crippen molar-refractivity contribution in [3.8, 4) is 11.5 Å². The van der Waals surface area contributed by atoms with Crippen molar-refractivity contribution in [2.75, 3.05) is 18.0 Å². The van der Waals surface area contributed by atoms with Gasteiger partial charge in [0.25, 0.3) is 0 Å². The average Bonchev–Trinajstić information content (AvgIpc) is 3.54. The summed E-state index contributed by atoms with van der Waals surface area (Å²) in [4.78, 5) is 6.97. The molecule has 0 aliphatic carbocycles. The van der Waals surface area contributed by atoms with E-state index in [0.717, 1.165) is 41.2 Å². The number of anilines is 1. The summed E-state index contributed by atoms with van der Waals surface area (Å²) in [5.41, 5.74) is 1.61. The van der Waals surface area contributed by atoms with Crippen LogP contribution in [0.25, 0.3) is 11.5 Å². The SMILES string of the molecule is CC1CC(C)CN(c2nnc(SCc3coc(-c4ccccc4Cl)n3)n2Cc2ccco2)C1. The lowest BCUT2D eigenvalue weighted by atomic mass is 9.92. The van der Waals surface area contributed by atoms with Crippen molar-refractivity contribution in [3.63, 3.8) is 0 Å². The normalized spacial score (nSPS) is 18.7. The Morgan fingerprint density at radius 1 is 1.06 bits per heavy atom. The maximum Gasteiger partial charge on any atom is 0.228 e. The molecule has 1 fully saturated rings. The van der Waals surface area contributed by atoms with Gasteiger partial charge in [-0.15, -0.1) is 10.2 Å². The predicted octanol–water partition coefficient (Wildman–Crippen LogP) is 6.00. The standard InChI is InChI=1S/C24H26ClN5O2S/c1-16-10-17(2)12-29(11-16)23-27-28-24(30(23)13-19-6-5-9-31-19)33-15-18-14-32-22(26-18)20-7-3-4-8-21(20)25/h3-9,14,16-17H,10-13,15H2,1-2H3. The Labute approximate surface area is 202 Å². The van der Waals surface area contributed by atoms with E-state index in [2.05, 4.69) is 38.5 Å². The molecule has 2 unspecified atom stereocenters. The molecule has 33 heavy (non-hydrogen) atoms. The number of piperidine rings is 1. The van der Waals surface area contributed by atoms with E-state index in [1.54, 1.807) is 24.3 Å². The van der Waals surface area contributed by atoms with Crippen LogP contribution in [0.2, 0.25) is 5.02 Å². The van der Waals surface area contributed by atoms with Gasteiger partial charge in [0, 0.05) is 18.8 Å². The number of thioether (sulfide) groups is 1. The number of hydrogen-bond donors (Lipinski definition) is 0. The summed E-state index contributed by atoms with van der Waals surface area (Å²) >= 11 is 7.87. The molecular weight excluding hydrogens is 458 g/mol. The first-order valence-electron chi connectivity index (χ1n) is 11.1. The van der Waals surface area contributed by atoms with Gasteiger partial charge >= 0.3 is 0 Å². The van der Waals surface area contributed by atoms with Crippen molar-refractivity contribution in [2.45, 2.75) is 37.7 Å². The molecule has 0 amide bonds. The van der Waals surface area contributed by atoms with Gasteiger partial charge in [-0.3, -0.25) is 4.57 Å². The number of furan rings is 1. The maximum atomic E-state index is 6.29. The lowest BCUT2D eigenvalue weighted by Crippen LogP contribution is -2.40. The first-order valence-corrected chi connectivity index (χ1v) is 12.5. The van der Waals surface area contributed by atoms with Gasteiger partial charge in [-0.2, -0.15) is 0 Å². The summed E-state index contributed by atoms with van der Waals surface area (Å²) in [6, 6.07) is 11.4. The fourth-order valence-electron chi connectivity index (χ4n) is 4.41. The number of benzene rings is 1. The van der Waals surface area contributed by atoms with E-state index < -0.39 is 0 Å². The third-order valence-corrected chi connectivity index (χ3v) is 7.08. The van der Waals surface area contributed by atoms with E-state index in [1.807, 2.05) is 36.4 Å². The fraction of sp³-hybridized carbons (Fsp3) is 0.375. The van der Waals surface area contributed by atoms with Crippen molar-refractivity contribution in [1.29, 1.82) is 0 Å². The van der Waals surface area contributed by atoms with E-state index in [9.17, 15) is 0 Å². The van der Waals surface area contributed by atoms with Crippen LogP contribution in [0.15, 0.2) is 62.9 Å². The number of hydrogen-bond acceptors (Lipinski definition) is 7. The van der Waals surface area contributed by atoms with Crippen LogP contribution in [-0.4, -0.2) is 32.8 Å². The fourth-order valence-corrected chi connectivity index (χ4v) is 5.44. The van der Waals surface area contributed by atoms with Gasteiger partial charge in [0.15, 0.2) is 5.16 Å². The molecule has 0 saturated carbocycles. The van der Waals surface area contributed by atoms with Gasteiger partial charge in [0.1, 0.15) is 12.0 Å². The molecule has 4 heterocycles. The zero-order valence-electron chi connectivity index (χ0n) is 18.6.